The molecule has 0 saturated carbocycles. The SMILES string of the molecule is CC1CCCC(C)N1C[C@H]1CC[C@@H](C(=O)O)O1. The van der Waals surface area contributed by atoms with Crippen molar-refractivity contribution in [3.05, 3.63) is 0 Å². The fraction of sp³-hybridized carbons (Fsp3) is 0.923. The summed E-state index contributed by atoms with van der Waals surface area (Å²) in [6.45, 7) is 5.42. The van der Waals surface area contributed by atoms with Crippen molar-refractivity contribution in [3.63, 3.8) is 0 Å². The van der Waals surface area contributed by atoms with E-state index in [1.54, 1.807) is 0 Å². The smallest absolute Gasteiger partial charge is 0.332 e. The number of rotatable bonds is 3. The van der Waals surface area contributed by atoms with Gasteiger partial charge in [0, 0.05) is 18.6 Å². The minimum atomic E-state index is -0.813. The van der Waals surface area contributed by atoms with Gasteiger partial charge in [-0.1, -0.05) is 6.42 Å². The van der Waals surface area contributed by atoms with E-state index in [0.717, 1.165) is 13.0 Å². The maximum Gasteiger partial charge on any atom is 0.332 e. The van der Waals surface area contributed by atoms with E-state index in [2.05, 4.69) is 18.7 Å². The summed E-state index contributed by atoms with van der Waals surface area (Å²) in [6.07, 6.45) is 4.89. The van der Waals surface area contributed by atoms with Crippen molar-refractivity contribution in [2.75, 3.05) is 6.54 Å². The maximum atomic E-state index is 10.8. The lowest BCUT2D eigenvalue weighted by molar-refractivity contribution is -0.150. The Hall–Kier alpha value is -0.610. The van der Waals surface area contributed by atoms with E-state index < -0.39 is 12.1 Å². The summed E-state index contributed by atoms with van der Waals surface area (Å²) in [5, 5.41) is 8.90. The van der Waals surface area contributed by atoms with Gasteiger partial charge in [-0.25, -0.2) is 4.79 Å². The van der Waals surface area contributed by atoms with Crippen molar-refractivity contribution < 1.29 is 14.6 Å². The number of nitrogens with zero attached hydrogens (tertiary/aromatic N) is 1. The van der Waals surface area contributed by atoms with Gasteiger partial charge in [0.05, 0.1) is 6.10 Å². The Bertz CT molecular complexity index is 272. The van der Waals surface area contributed by atoms with E-state index >= 15 is 0 Å². The van der Waals surface area contributed by atoms with Crippen molar-refractivity contribution in [2.24, 2.45) is 0 Å². The average molecular weight is 241 g/mol. The Labute approximate surface area is 103 Å². The molecule has 0 amide bonds. The highest BCUT2D eigenvalue weighted by Gasteiger charge is 2.34. The van der Waals surface area contributed by atoms with Crippen LogP contribution in [0, 0.1) is 0 Å². The molecule has 4 atom stereocenters. The van der Waals surface area contributed by atoms with Crippen molar-refractivity contribution in [1.29, 1.82) is 0 Å². The maximum absolute atomic E-state index is 10.8. The molecule has 0 aromatic carbocycles. The number of carbonyl (C=O) groups is 1. The van der Waals surface area contributed by atoms with Crippen LogP contribution in [0.2, 0.25) is 0 Å². The third-order valence-corrected chi connectivity index (χ3v) is 4.17. The molecular formula is C13H23NO3. The van der Waals surface area contributed by atoms with Gasteiger partial charge in [0.15, 0.2) is 6.10 Å². The summed E-state index contributed by atoms with van der Waals surface area (Å²) in [5.74, 6) is -0.813. The van der Waals surface area contributed by atoms with E-state index in [-0.39, 0.29) is 6.10 Å². The number of hydrogen-bond donors (Lipinski definition) is 1. The van der Waals surface area contributed by atoms with Crippen LogP contribution in [0.5, 0.6) is 0 Å². The minimum absolute atomic E-state index is 0.110. The van der Waals surface area contributed by atoms with E-state index in [1.807, 2.05) is 0 Å². The number of carboxylic acids is 1. The zero-order chi connectivity index (χ0) is 12.4. The van der Waals surface area contributed by atoms with Crippen LogP contribution in [-0.4, -0.2) is 46.8 Å². The summed E-state index contributed by atoms with van der Waals surface area (Å²) < 4.78 is 5.58. The van der Waals surface area contributed by atoms with Crippen molar-refractivity contribution in [1.82, 2.24) is 4.90 Å². The third kappa shape index (κ3) is 2.99. The van der Waals surface area contributed by atoms with E-state index in [1.165, 1.54) is 19.3 Å². The van der Waals surface area contributed by atoms with Gasteiger partial charge in [-0.05, 0) is 39.5 Å². The summed E-state index contributed by atoms with van der Waals surface area (Å²) in [4.78, 5) is 13.3. The zero-order valence-electron chi connectivity index (χ0n) is 10.8. The number of ether oxygens (including phenoxy) is 1. The molecular weight excluding hydrogens is 218 g/mol. The topological polar surface area (TPSA) is 49.8 Å². The van der Waals surface area contributed by atoms with Gasteiger partial charge in [0.2, 0.25) is 0 Å². The van der Waals surface area contributed by atoms with Crippen LogP contribution in [0.4, 0.5) is 0 Å². The monoisotopic (exact) mass is 241 g/mol. The molecule has 4 nitrogen and oxygen atoms in total. The highest BCUT2D eigenvalue weighted by molar-refractivity contribution is 5.72. The molecule has 17 heavy (non-hydrogen) atoms. The van der Waals surface area contributed by atoms with Crippen LogP contribution >= 0.6 is 0 Å². The minimum Gasteiger partial charge on any atom is -0.479 e. The predicted molar refractivity (Wildman–Crippen MR) is 65.0 cm³/mol. The van der Waals surface area contributed by atoms with E-state index in [4.69, 9.17) is 9.84 Å². The van der Waals surface area contributed by atoms with Crippen LogP contribution in [0.3, 0.4) is 0 Å². The second-order valence-electron chi connectivity index (χ2n) is 5.49. The first-order valence-corrected chi connectivity index (χ1v) is 6.72. The normalized spacial score (nSPS) is 39.4. The Morgan fingerprint density at radius 1 is 1.24 bits per heavy atom. The summed E-state index contributed by atoms with van der Waals surface area (Å²) in [6, 6.07) is 1.21. The van der Waals surface area contributed by atoms with Crippen molar-refractivity contribution >= 4 is 5.97 Å². The first-order chi connectivity index (χ1) is 8.08. The summed E-state index contributed by atoms with van der Waals surface area (Å²) in [7, 11) is 0. The molecule has 0 spiro atoms. The molecule has 2 saturated heterocycles. The highest BCUT2D eigenvalue weighted by Crippen LogP contribution is 2.26. The molecule has 0 radical (unpaired) electrons. The summed E-state index contributed by atoms with van der Waals surface area (Å²) >= 11 is 0. The molecule has 0 bridgehead atoms. The first kappa shape index (κ1) is 12.8. The van der Waals surface area contributed by atoms with Gasteiger partial charge in [-0.2, -0.15) is 0 Å². The summed E-state index contributed by atoms with van der Waals surface area (Å²) in [5.41, 5.74) is 0. The molecule has 2 fully saturated rings. The number of piperidine rings is 1. The molecule has 2 unspecified atom stereocenters. The first-order valence-electron chi connectivity index (χ1n) is 6.72. The third-order valence-electron chi connectivity index (χ3n) is 4.17. The van der Waals surface area contributed by atoms with Gasteiger partial charge in [0.25, 0.3) is 0 Å². The quantitative estimate of drug-likeness (QED) is 0.819. The number of carboxylic acid groups (broad SMARTS) is 1. The largest absolute Gasteiger partial charge is 0.479 e. The Morgan fingerprint density at radius 2 is 1.88 bits per heavy atom. The molecule has 0 aromatic rings. The molecule has 2 aliphatic heterocycles. The van der Waals surface area contributed by atoms with E-state index in [9.17, 15) is 4.79 Å². The van der Waals surface area contributed by atoms with Crippen LogP contribution in [0.25, 0.3) is 0 Å². The van der Waals surface area contributed by atoms with Crippen LogP contribution in [0.1, 0.15) is 46.0 Å². The molecule has 98 valence electrons. The number of aliphatic carboxylic acids is 1. The molecule has 2 rings (SSSR count). The highest BCUT2D eigenvalue weighted by atomic mass is 16.5. The molecule has 1 N–H and O–H groups in total. The van der Waals surface area contributed by atoms with E-state index in [0.29, 0.717) is 18.5 Å². The zero-order valence-corrected chi connectivity index (χ0v) is 10.8. The van der Waals surface area contributed by atoms with Crippen LogP contribution in [-0.2, 0) is 9.53 Å². The standard InChI is InChI=1S/C13H23NO3/c1-9-4-3-5-10(2)14(9)8-11-6-7-12(17-11)13(15)16/h9-12H,3-8H2,1-2H3,(H,15,16)/t9?,10?,11-,12+/m1/s1. The van der Waals surface area contributed by atoms with Gasteiger partial charge >= 0.3 is 5.97 Å². The van der Waals surface area contributed by atoms with Gasteiger partial charge < -0.3 is 9.84 Å². The molecule has 2 heterocycles. The van der Waals surface area contributed by atoms with Gasteiger partial charge in [-0.15, -0.1) is 0 Å². The Balaban J connectivity index is 1.86. The van der Waals surface area contributed by atoms with Gasteiger partial charge in [-0.3, -0.25) is 4.90 Å². The second kappa shape index (κ2) is 5.36. The van der Waals surface area contributed by atoms with Gasteiger partial charge in [0.1, 0.15) is 0 Å². The number of likely N-dealkylation sites (tertiary alicyclic amines) is 1. The molecule has 0 aromatic heterocycles. The van der Waals surface area contributed by atoms with Crippen LogP contribution < -0.4 is 0 Å². The number of hydrogen-bond acceptors (Lipinski definition) is 3. The fourth-order valence-electron chi connectivity index (χ4n) is 3.09. The molecule has 4 heteroatoms. The lowest BCUT2D eigenvalue weighted by Crippen LogP contribution is -2.47. The Kier molecular flexibility index (Phi) is 4.05. The lowest BCUT2D eigenvalue weighted by atomic mass is 9.97. The van der Waals surface area contributed by atoms with Crippen molar-refractivity contribution in [2.45, 2.75) is 70.2 Å². The van der Waals surface area contributed by atoms with Crippen LogP contribution in [0.15, 0.2) is 0 Å². The lowest BCUT2D eigenvalue weighted by Gasteiger charge is -2.40. The molecule has 2 aliphatic rings. The Morgan fingerprint density at radius 3 is 2.41 bits per heavy atom. The average Bonchev–Trinajstić information content (AvgIpc) is 2.72. The second-order valence-corrected chi connectivity index (χ2v) is 5.49. The predicted octanol–water partition coefficient (Wildman–Crippen LogP) is 1.88. The fourth-order valence-corrected chi connectivity index (χ4v) is 3.09. The van der Waals surface area contributed by atoms with Crippen molar-refractivity contribution in [3.8, 4) is 0 Å². The molecule has 0 aliphatic carbocycles.